The first-order valence-electron chi connectivity index (χ1n) is 15.7. The summed E-state index contributed by atoms with van der Waals surface area (Å²) in [6.07, 6.45) is -8.61. The van der Waals surface area contributed by atoms with Crippen molar-refractivity contribution in [1.29, 1.82) is 0 Å². The summed E-state index contributed by atoms with van der Waals surface area (Å²) in [5.74, 6) is 3.09. The normalized spacial score (nSPS) is 13.8. The molecular weight excluding hydrogens is 636 g/mol. The van der Waals surface area contributed by atoms with Crippen LogP contribution in [0.2, 0.25) is 0 Å². The maximum atomic E-state index is 13.1. The molecular formula is C37H37F6NO4. The molecule has 0 fully saturated rings. The Morgan fingerprint density at radius 2 is 1.29 bits per heavy atom. The molecule has 3 aromatic rings. The Labute approximate surface area is 275 Å². The first-order valence-corrected chi connectivity index (χ1v) is 15.7. The number of ether oxygens (including phenoxy) is 1. The summed E-state index contributed by atoms with van der Waals surface area (Å²) in [6, 6.07) is 17.4. The number of benzene rings is 3. The molecule has 0 radical (unpaired) electrons. The van der Waals surface area contributed by atoms with Crippen molar-refractivity contribution in [2.45, 2.75) is 83.2 Å². The summed E-state index contributed by atoms with van der Waals surface area (Å²) in [7, 11) is 0. The van der Waals surface area contributed by atoms with Crippen LogP contribution in [0.1, 0.15) is 94.5 Å². The van der Waals surface area contributed by atoms with Crippen molar-refractivity contribution in [3.63, 3.8) is 0 Å². The van der Waals surface area contributed by atoms with E-state index < -0.39 is 23.4 Å². The quantitative estimate of drug-likeness (QED) is 0.0961. The lowest BCUT2D eigenvalue weighted by atomic mass is 9.70. The minimum absolute atomic E-state index is 0.0598. The molecule has 0 aromatic heterocycles. The second kappa shape index (κ2) is 14.0. The molecule has 2 amide bonds. The van der Waals surface area contributed by atoms with Gasteiger partial charge in [0.15, 0.2) is 0 Å². The summed E-state index contributed by atoms with van der Waals surface area (Å²) in [5.41, 5.74) is -1.79. The molecule has 0 atom stereocenters. The Morgan fingerprint density at radius 1 is 0.750 bits per heavy atom. The van der Waals surface area contributed by atoms with Crippen molar-refractivity contribution in [1.82, 2.24) is 4.90 Å². The van der Waals surface area contributed by atoms with Gasteiger partial charge in [0.25, 0.3) is 11.8 Å². The molecule has 0 saturated carbocycles. The second-order valence-electron chi connectivity index (χ2n) is 12.0. The van der Waals surface area contributed by atoms with Crippen LogP contribution in [0, 0.1) is 25.7 Å². The maximum Gasteiger partial charge on any atom is 0.438 e. The van der Waals surface area contributed by atoms with Crippen LogP contribution in [-0.2, 0) is 5.41 Å². The van der Waals surface area contributed by atoms with Gasteiger partial charge in [0.05, 0.1) is 17.7 Å². The summed E-state index contributed by atoms with van der Waals surface area (Å²) >= 11 is 0. The molecule has 1 heterocycles. The summed E-state index contributed by atoms with van der Waals surface area (Å²) < 4.78 is 84.6. The van der Waals surface area contributed by atoms with E-state index in [1.54, 1.807) is 43.3 Å². The number of halogens is 6. The molecule has 256 valence electrons. The lowest BCUT2D eigenvalue weighted by Crippen LogP contribution is -2.55. The maximum absolute atomic E-state index is 13.1. The summed E-state index contributed by atoms with van der Waals surface area (Å²) in [4.78, 5) is 26.3. The largest absolute Gasteiger partial charge is 0.493 e. The van der Waals surface area contributed by atoms with Crippen LogP contribution in [0.3, 0.4) is 0 Å². The third kappa shape index (κ3) is 6.95. The summed E-state index contributed by atoms with van der Waals surface area (Å²) in [5, 5.41) is 9.41. The molecule has 1 N–H and O–H groups in total. The van der Waals surface area contributed by atoms with E-state index in [-0.39, 0.29) is 17.4 Å². The van der Waals surface area contributed by atoms with Crippen LogP contribution in [0.25, 0.3) is 0 Å². The van der Waals surface area contributed by atoms with Gasteiger partial charge in [-0.3, -0.25) is 14.5 Å². The zero-order chi connectivity index (χ0) is 35.5. The van der Waals surface area contributed by atoms with E-state index in [2.05, 4.69) is 0 Å². The number of aliphatic hydroxyl groups is 1. The molecule has 0 spiro atoms. The van der Waals surface area contributed by atoms with Gasteiger partial charge in [-0.1, -0.05) is 56.2 Å². The lowest BCUT2D eigenvalue weighted by molar-refractivity contribution is -0.343. The third-order valence-electron chi connectivity index (χ3n) is 9.07. The van der Waals surface area contributed by atoms with E-state index >= 15 is 0 Å². The van der Waals surface area contributed by atoms with E-state index in [1.807, 2.05) is 44.9 Å². The first-order chi connectivity index (χ1) is 22.5. The minimum atomic E-state index is -6.02. The molecule has 5 nitrogen and oxygen atoms in total. The number of rotatable bonds is 11. The fourth-order valence-corrected chi connectivity index (χ4v) is 6.08. The van der Waals surface area contributed by atoms with E-state index in [0.29, 0.717) is 54.9 Å². The number of hydrogen-bond acceptors (Lipinski definition) is 4. The van der Waals surface area contributed by atoms with E-state index in [4.69, 9.17) is 4.74 Å². The number of alkyl halides is 6. The van der Waals surface area contributed by atoms with Crippen LogP contribution in [0.5, 0.6) is 5.75 Å². The van der Waals surface area contributed by atoms with E-state index in [0.717, 1.165) is 35.5 Å². The zero-order valence-corrected chi connectivity index (χ0v) is 27.1. The average Bonchev–Trinajstić information content (AvgIpc) is 3.27. The molecule has 0 saturated heterocycles. The van der Waals surface area contributed by atoms with E-state index in [1.165, 1.54) is 11.0 Å². The van der Waals surface area contributed by atoms with Gasteiger partial charge in [-0.2, -0.15) is 26.3 Å². The van der Waals surface area contributed by atoms with Gasteiger partial charge in [0, 0.05) is 17.5 Å². The van der Waals surface area contributed by atoms with Crippen LogP contribution in [-0.4, -0.2) is 52.9 Å². The Kier molecular flexibility index (Phi) is 10.7. The molecule has 0 unspecified atom stereocenters. The molecule has 1 aliphatic heterocycles. The average molecular weight is 674 g/mol. The highest BCUT2D eigenvalue weighted by atomic mass is 19.4. The number of aryl methyl sites for hydroxylation is 2. The van der Waals surface area contributed by atoms with Crippen molar-refractivity contribution in [3.05, 3.63) is 99.6 Å². The highest BCUT2D eigenvalue weighted by Gasteiger charge is 2.70. The molecule has 0 aliphatic carbocycles. The molecule has 4 rings (SSSR count). The van der Waals surface area contributed by atoms with Crippen molar-refractivity contribution in [3.8, 4) is 17.6 Å². The number of nitrogens with zero attached hydrogens (tertiary/aromatic N) is 1. The molecule has 48 heavy (non-hydrogen) atoms. The standard InChI is InChI=1S/C37H37F6NO4/c1-5-34(6-2,27-15-14-26(24(3)22-27)18-19-35(47,36(38,39)40)37(41,42)43)28-16-17-31(25(4)23-28)48-21-11-7-10-20-44-32(45)29-12-8-9-13-30(29)33(44)46/h8-9,12-17,22-23,47H,5-7,10-11,20-21H2,1-4H3. The Morgan fingerprint density at radius 3 is 1.79 bits per heavy atom. The van der Waals surface area contributed by atoms with Crippen molar-refractivity contribution < 1.29 is 45.8 Å². The minimum Gasteiger partial charge on any atom is -0.493 e. The number of imide groups is 1. The van der Waals surface area contributed by atoms with Crippen LogP contribution >= 0.6 is 0 Å². The van der Waals surface area contributed by atoms with Crippen LogP contribution in [0.4, 0.5) is 26.3 Å². The number of fused-ring (bicyclic) bond motifs is 1. The zero-order valence-electron chi connectivity index (χ0n) is 27.1. The predicted molar refractivity (Wildman–Crippen MR) is 169 cm³/mol. The van der Waals surface area contributed by atoms with Gasteiger partial charge in [0.1, 0.15) is 5.75 Å². The summed E-state index contributed by atoms with van der Waals surface area (Å²) in [6.45, 7) is 8.25. The molecule has 1 aliphatic rings. The van der Waals surface area contributed by atoms with Gasteiger partial charge in [-0.15, -0.1) is 0 Å². The first kappa shape index (κ1) is 36.5. The fourth-order valence-electron chi connectivity index (χ4n) is 6.08. The van der Waals surface area contributed by atoms with E-state index in [9.17, 15) is 41.0 Å². The fraction of sp³-hybridized carbons (Fsp3) is 0.405. The number of carbonyl (C=O) groups excluding carboxylic acids is 2. The topological polar surface area (TPSA) is 66.8 Å². The number of carbonyl (C=O) groups is 2. The van der Waals surface area contributed by atoms with Crippen molar-refractivity contribution in [2.75, 3.05) is 13.2 Å². The van der Waals surface area contributed by atoms with Gasteiger partial charge >= 0.3 is 18.0 Å². The smallest absolute Gasteiger partial charge is 0.438 e. The molecule has 0 bridgehead atoms. The molecule has 3 aromatic carbocycles. The lowest BCUT2D eigenvalue weighted by Gasteiger charge is -2.34. The van der Waals surface area contributed by atoms with Gasteiger partial charge < -0.3 is 9.84 Å². The number of hydrogen-bond donors (Lipinski definition) is 1. The van der Waals surface area contributed by atoms with Crippen LogP contribution < -0.4 is 4.74 Å². The third-order valence-corrected chi connectivity index (χ3v) is 9.07. The van der Waals surface area contributed by atoms with Gasteiger partial charge in [0.2, 0.25) is 0 Å². The SMILES string of the molecule is CCC(CC)(c1ccc(C#CC(O)(C(F)(F)F)C(F)(F)F)c(C)c1)c1ccc(OCCCCCN2C(=O)c3ccccc3C2=O)c(C)c1. The van der Waals surface area contributed by atoms with Gasteiger partial charge in [-0.25, -0.2) is 0 Å². The monoisotopic (exact) mass is 673 g/mol. The van der Waals surface area contributed by atoms with Crippen molar-refractivity contribution >= 4 is 11.8 Å². The highest BCUT2D eigenvalue weighted by Crippen LogP contribution is 2.43. The van der Waals surface area contributed by atoms with Crippen LogP contribution in [0.15, 0.2) is 60.7 Å². The van der Waals surface area contributed by atoms with Gasteiger partial charge in [-0.05, 0) is 98.4 Å². The second-order valence-corrected chi connectivity index (χ2v) is 12.0. The van der Waals surface area contributed by atoms with Crippen molar-refractivity contribution in [2.24, 2.45) is 0 Å². The molecule has 11 heteroatoms. The number of unbranched alkanes of at least 4 members (excludes halogenated alkanes) is 2. The number of amides is 2. The Hall–Kier alpha value is -4.30. The highest BCUT2D eigenvalue weighted by molar-refractivity contribution is 6.21. The Balaban J connectivity index is 1.41. The predicted octanol–water partition coefficient (Wildman–Crippen LogP) is 8.46. The Bertz CT molecular complexity index is 1680.